The van der Waals surface area contributed by atoms with E-state index in [2.05, 4.69) is 6.92 Å². The average Bonchev–Trinajstić information content (AvgIpc) is 2.68. The molecule has 1 amide bonds. The largest absolute Gasteiger partial charge is 0.494 e. The minimum atomic E-state index is -0.214. The number of carbonyl (C=O) groups excluding carboxylic acids is 1. The summed E-state index contributed by atoms with van der Waals surface area (Å²) in [5.41, 5.74) is 1.01. The van der Waals surface area contributed by atoms with Crippen LogP contribution in [0.15, 0.2) is 53.5 Å². The van der Waals surface area contributed by atoms with E-state index < -0.39 is 0 Å². The van der Waals surface area contributed by atoms with Crippen LogP contribution in [-0.2, 0) is 4.79 Å². The molecule has 1 aliphatic rings. The van der Waals surface area contributed by atoms with Crippen LogP contribution in [0, 0.1) is 5.92 Å². The Morgan fingerprint density at radius 3 is 2.48 bits per heavy atom. The maximum atomic E-state index is 13.2. The molecule has 1 aromatic carbocycles. The number of pyridine rings is 1. The van der Waals surface area contributed by atoms with Crippen molar-refractivity contribution >= 4 is 17.7 Å². The fraction of sp³-hybridized carbons (Fsp3) is 0.364. The Bertz CT molecular complexity index is 860. The number of piperidine rings is 1. The van der Waals surface area contributed by atoms with E-state index in [-0.39, 0.29) is 11.5 Å². The second-order valence-electron chi connectivity index (χ2n) is 6.92. The number of nitrogens with zero attached hydrogens (tertiary/aromatic N) is 2. The summed E-state index contributed by atoms with van der Waals surface area (Å²) >= 11 is 0. The summed E-state index contributed by atoms with van der Waals surface area (Å²) in [4.78, 5) is 27.4. The summed E-state index contributed by atoms with van der Waals surface area (Å²) in [6, 6.07) is 12.4. The molecule has 0 spiro atoms. The number of hydrogen-bond donors (Lipinski definition) is 0. The van der Waals surface area contributed by atoms with Crippen LogP contribution in [0.1, 0.15) is 32.3 Å². The highest BCUT2D eigenvalue weighted by atomic mass is 16.5. The Morgan fingerprint density at radius 1 is 1.15 bits per heavy atom. The SMILES string of the molecule is CCOc1ccc(C=C(C(=O)N2CCC(C)CC2)n2ccccc2=O)cc1. The van der Waals surface area contributed by atoms with Gasteiger partial charge < -0.3 is 9.64 Å². The first-order chi connectivity index (χ1) is 13.1. The quantitative estimate of drug-likeness (QED) is 0.761. The van der Waals surface area contributed by atoms with Crippen molar-refractivity contribution in [1.29, 1.82) is 0 Å². The zero-order valence-electron chi connectivity index (χ0n) is 15.9. The number of aromatic nitrogens is 1. The van der Waals surface area contributed by atoms with Crippen LogP contribution in [0.2, 0.25) is 0 Å². The molecule has 1 aromatic heterocycles. The van der Waals surface area contributed by atoms with Crippen LogP contribution >= 0.6 is 0 Å². The molecule has 0 N–H and O–H groups in total. The third-order valence-corrected chi connectivity index (χ3v) is 4.87. The maximum absolute atomic E-state index is 13.2. The molecule has 0 atom stereocenters. The molecule has 3 rings (SSSR count). The number of ether oxygens (including phenoxy) is 1. The van der Waals surface area contributed by atoms with Gasteiger partial charge in [0.2, 0.25) is 0 Å². The van der Waals surface area contributed by atoms with Crippen molar-refractivity contribution in [2.24, 2.45) is 5.92 Å². The molecule has 2 heterocycles. The summed E-state index contributed by atoms with van der Waals surface area (Å²) in [6.07, 6.45) is 5.40. The minimum Gasteiger partial charge on any atom is -0.494 e. The van der Waals surface area contributed by atoms with Gasteiger partial charge in [-0.1, -0.05) is 25.1 Å². The number of hydrogen-bond acceptors (Lipinski definition) is 3. The van der Waals surface area contributed by atoms with Gasteiger partial charge in [0.25, 0.3) is 11.5 Å². The lowest BCUT2D eigenvalue weighted by Crippen LogP contribution is -2.40. The molecule has 1 aliphatic heterocycles. The summed E-state index contributed by atoms with van der Waals surface area (Å²) in [7, 11) is 0. The predicted molar refractivity (Wildman–Crippen MR) is 107 cm³/mol. The first-order valence-electron chi connectivity index (χ1n) is 9.50. The summed E-state index contributed by atoms with van der Waals surface area (Å²) < 4.78 is 6.90. The summed E-state index contributed by atoms with van der Waals surface area (Å²) in [5, 5.41) is 0. The van der Waals surface area contributed by atoms with Gasteiger partial charge >= 0.3 is 0 Å². The molecular weight excluding hydrogens is 340 g/mol. The average molecular weight is 366 g/mol. The normalized spacial score (nSPS) is 15.6. The molecule has 5 heteroatoms. The van der Waals surface area contributed by atoms with E-state index in [4.69, 9.17) is 4.74 Å². The van der Waals surface area contributed by atoms with E-state index in [1.165, 1.54) is 10.6 Å². The molecule has 0 saturated carbocycles. The van der Waals surface area contributed by atoms with Crippen molar-refractivity contribution in [1.82, 2.24) is 9.47 Å². The van der Waals surface area contributed by atoms with Gasteiger partial charge in [0, 0.05) is 25.4 Å². The monoisotopic (exact) mass is 366 g/mol. The van der Waals surface area contributed by atoms with Crippen molar-refractivity contribution in [3.8, 4) is 5.75 Å². The Morgan fingerprint density at radius 2 is 1.85 bits per heavy atom. The highest BCUT2D eigenvalue weighted by Crippen LogP contribution is 2.21. The van der Waals surface area contributed by atoms with Gasteiger partial charge in [-0.25, -0.2) is 0 Å². The first kappa shape index (κ1) is 19.0. The lowest BCUT2D eigenvalue weighted by Gasteiger charge is -2.31. The standard InChI is InChI=1S/C22H26N2O3/c1-3-27-19-9-7-18(8-10-19)16-20(24-13-5-4-6-21(24)25)22(26)23-14-11-17(2)12-15-23/h4-10,13,16-17H,3,11-12,14-15H2,1-2H3. The molecule has 0 bridgehead atoms. The number of benzene rings is 1. The van der Waals surface area contributed by atoms with Gasteiger partial charge in [-0.3, -0.25) is 14.2 Å². The van der Waals surface area contributed by atoms with Gasteiger partial charge in [-0.15, -0.1) is 0 Å². The highest BCUT2D eigenvalue weighted by Gasteiger charge is 2.24. The predicted octanol–water partition coefficient (Wildman–Crippen LogP) is 3.50. The van der Waals surface area contributed by atoms with Crippen molar-refractivity contribution in [3.63, 3.8) is 0 Å². The molecule has 0 unspecified atom stereocenters. The maximum Gasteiger partial charge on any atom is 0.270 e. The zero-order valence-corrected chi connectivity index (χ0v) is 15.9. The Hall–Kier alpha value is -2.82. The van der Waals surface area contributed by atoms with E-state index in [9.17, 15) is 9.59 Å². The minimum absolute atomic E-state index is 0.107. The van der Waals surface area contributed by atoms with Crippen molar-refractivity contribution < 1.29 is 9.53 Å². The molecule has 1 saturated heterocycles. The Kier molecular flexibility index (Phi) is 6.12. The van der Waals surface area contributed by atoms with Crippen LogP contribution in [0.5, 0.6) is 5.75 Å². The Balaban J connectivity index is 1.96. The van der Waals surface area contributed by atoms with Crippen LogP contribution in [0.3, 0.4) is 0 Å². The lowest BCUT2D eigenvalue weighted by molar-refractivity contribution is -0.126. The zero-order chi connectivity index (χ0) is 19.2. The van der Waals surface area contributed by atoms with Crippen LogP contribution < -0.4 is 10.3 Å². The van der Waals surface area contributed by atoms with Crippen molar-refractivity contribution in [2.75, 3.05) is 19.7 Å². The van der Waals surface area contributed by atoms with Crippen LogP contribution in [0.4, 0.5) is 0 Å². The smallest absolute Gasteiger partial charge is 0.270 e. The van der Waals surface area contributed by atoms with E-state index in [1.54, 1.807) is 24.4 Å². The second kappa shape index (κ2) is 8.71. The third-order valence-electron chi connectivity index (χ3n) is 4.87. The van der Waals surface area contributed by atoms with Crippen molar-refractivity contribution in [2.45, 2.75) is 26.7 Å². The number of likely N-dealkylation sites (tertiary alicyclic amines) is 1. The van der Waals surface area contributed by atoms with Crippen LogP contribution in [-0.4, -0.2) is 35.1 Å². The number of carbonyl (C=O) groups is 1. The molecular formula is C22H26N2O3. The summed E-state index contributed by atoms with van der Waals surface area (Å²) in [6.45, 7) is 6.20. The molecule has 1 fully saturated rings. The third kappa shape index (κ3) is 4.67. The van der Waals surface area contributed by atoms with Gasteiger partial charge in [-0.2, -0.15) is 0 Å². The van der Waals surface area contributed by atoms with E-state index in [0.717, 1.165) is 37.2 Å². The molecule has 0 radical (unpaired) electrons. The molecule has 0 aliphatic carbocycles. The highest BCUT2D eigenvalue weighted by molar-refractivity contribution is 6.18. The van der Waals surface area contributed by atoms with Crippen molar-refractivity contribution in [3.05, 3.63) is 64.6 Å². The fourth-order valence-electron chi connectivity index (χ4n) is 3.22. The molecule has 5 nitrogen and oxygen atoms in total. The van der Waals surface area contributed by atoms with Crippen LogP contribution in [0.25, 0.3) is 11.8 Å². The van der Waals surface area contributed by atoms with E-state index in [0.29, 0.717) is 18.2 Å². The molecule has 2 aromatic rings. The first-order valence-corrected chi connectivity index (χ1v) is 9.50. The number of amides is 1. The van der Waals surface area contributed by atoms with Gasteiger partial charge in [0.1, 0.15) is 11.4 Å². The molecule has 142 valence electrons. The van der Waals surface area contributed by atoms with Gasteiger partial charge in [-0.05, 0) is 55.5 Å². The fourth-order valence-corrected chi connectivity index (χ4v) is 3.22. The topological polar surface area (TPSA) is 51.5 Å². The Labute approximate surface area is 159 Å². The molecule has 27 heavy (non-hydrogen) atoms. The number of rotatable bonds is 5. The van der Waals surface area contributed by atoms with Gasteiger partial charge in [0.15, 0.2) is 0 Å². The van der Waals surface area contributed by atoms with E-state index in [1.807, 2.05) is 36.1 Å². The van der Waals surface area contributed by atoms with Gasteiger partial charge in [0.05, 0.1) is 6.61 Å². The lowest BCUT2D eigenvalue weighted by atomic mass is 9.99. The summed E-state index contributed by atoms with van der Waals surface area (Å²) in [5.74, 6) is 1.31. The van der Waals surface area contributed by atoms with E-state index >= 15 is 0 Å². The second-order valence-corrected chi connectivity index (χ2v) is 6.92.